The number of nitrogens with zero attached hydrogens (tertiary/aromatic N) is 4. The second-order valence-electron chi connectivity index (χ2n) is 7.16. The first kappa shape index (κ1) is 15.6. The fourth-order valence-corrected chi connectivity index (χ4v) is 3.70. The summed E-state index contributed by atoms with van der Waals surface area (Å²) in [5.41, 5.74) is 3.10. The van der Waals surface area contributed by atoms with E-state index in [1.807, 2.05) is 30.6 Å². The lowest BCUT2D eigenvalue weighted by Crippen LogP contribution is -2.47. The van der Waals surface area contributed by atoms with Crippen LogP contribution in [-0.2, 0) is 0 Å². The molecule has 2 aromatic heterocycles. The van der Waals surface area contributed by atoms with Crippen molar-refractivity contribution >= 4 is 5.82 Å². The van der Waals surface area contributed by atoms with E-state index >= 15 is 0 Å². The Kier molecular flexibility index (Phi) is 3.94. The van der Waals surface area contributed by atoms with E-state index in [9.17, 15) is 0 Å². The molecular weight excluding hydrogens is 322 g/mol. The number of aromatic amines is 1. The van der Waals surface area contributed by atoms with Gasteiger partial charge in [-0.3, -0.25) is 4.90 Å². The van der Waals surface area contributed by atoms with Gasteiger partial charge in [-0.05, 0) is 25.0 Å². The van der Waals surface area contributed by atoms with E-state index in [0.29, 0.717) is 0 Å². The van der Waals surface area contributed by atoms with Crippen LogP contribution in [0.15, 0.2) is 54.9 Å². The van der Waals surface area contributed by atoms with Crippen molar-refractivity contribution in [3.8, 4) is 22.6 Å². The van der Waals surface area contributed by atoms with E-state index in [1.165, 1.54) is 12.8 Å². The number of imidazole rings is 1. The third kappa shape index (κ3) is 3.10. The summed E-state index contributed by atoms with van der Waals surface area (Å²) in [7, 11) is 0. The quantitative estimate of drug-likeness (QED) is 0.787. The van der Waals surface area contributed by atoms with E-state index in [0.717, 1.165) is 60.7 Å². The molecule has 0 atom stereocenters. The summed E-state index contributed by atoms with van der Waals surface area (Å²) >= 11 is 0. The molecule has 3 aromatic rings. The van der Waals surface area contributed by atoms with Crippen LogP contribution in [-0.4, -0.2) is 52.1 Å². The van der Waals surface area contributed by atoms with Crippen LogP contribution < -0.4 is 4.90 Å². The molecule has 2 fully saturated rings. The molecule has 1 aliphatic heterocycles. The van der Waals surface area contributed by atoms with Gasteiger partial charge in [-0.25, -0.2) is 9.97 Å². The molecule has 1 N–H and O–H groups in total. The summed E-state index contributed by atoms with van der Waals surface area (Å²) in [6, 6.07) is 15.3. The second kappa shape index (κ2) is 6.57. The third-order valence-corrected chi connectivity index (χ3v) is 5.37. The zero-order valence-corrected chi connectivity index (χ0v) is 14.8. The molecule has 5 heteroatoms. The van der Waals surface area contributed by atoms with Crippen LogP contribution >= 0.6 is 0 Å². The van der Waals surface area contributed by atoms with Gasteiger partial charge >= 0.3 is 0 Å². The summed E-state index contributed by atoms with van der Waals surface area (Å²) in [5, 5.41) is 0. The maximum Gasteiger partial charge on any atom is 0.139 e. The Balaban J connectivity index is 1.29. The van der Waals surface area contributed by atoms with Crippen molar-refractivity contribution in [2.75, 3.05) is 31.1 Å². The molecule has 0 spiro atoms. The zero-order chi connectivity index (χ0) is 17.3. The number of hydrogen-bond acceptors (Lipinski definition) is 4. The first-order valence-electron chi connectivity index (χ1n) is 9.43. The van der Waals surface area contributed by atoms with Crippen molar-refractivity contribution in [3.05, 3.63) is 54.9 Å². The van der Waals surface area contributed by atoms with Crippen LogP contribution in [0.25, 0.3) is 22.6 Å². The molecule has 3 heterocycles. The molecular formula is C21H23N5. The molecule has 2 aliphatic rings. The lowest BCUT2D eigenvalue weighted by Gasteiger charge is -2.35. The number of pyridine rings is 1. The smallest absolute Gasteiger partial charge is 0.139 e. The topological polar surface area (TPSA) is 48.1 Å². The van der Waals surface area contributed by atoms with Crippen LogP contribution in [0.1, 0.15) is 12.8 Å². The van der Waals surface area contributed by atoms with Crippen LogP contribution in [0.5, 0.6) is 0 Å². The van der Waals surface area contributed by atoms with E-state index in [1.54, 1.807) is 0 Å². The normalized spacial score (nSPS) is 18.2. The van der Waals surface area contributed by atoms with Crippen molar-refractivity contribution in [2.24, 2.45) is 0 Å². The third-order valence-electron chi connectivity index (χ3n) is 5.37. The molecule has 132 valence electrons. The lowest BCUT2D eigenvalue weighted by molar-refractivity contribution is 0.247. The number of benzene rings is 1. The Morgan fingerprint density at radius 2 is 1.69 bits per heavy atom. The van der Waals surface area contributed by atoms with Gasteiger partial charge in [-0.15, -0.1) is 0 Å². The first-order chi connectivity index (χ1) is 12.9. The molecule has 0 amide bonds. The Hall–Kier alpha value is -2.66. The summed E-state index contributed by atoms with van der Waals surface area (Å²) in [6.07, 6.45) is 6.66. The molecule has 1 saturated heterocycles. The molecule has 1 saturated carbocycles. The Morgan fingerprint density at radius 3 is 2.38 bits per heavy atom. The van der Waals surface area contributed by atoms with Gasteiger partial charge in [-0.2, -0.15) is 0 Å². The van der Waals surface area contributed by atoms with Gasteiger partial charge in [0.2, 0.25) is 0 Å². The molecule has 0 unspecified atom stereocenters. The lowest BCUT2D eigenvalue weighted by atomic mass is 10.2. The monoisotopic (exact) mass is 345 g/mol. The number of nitrogens with one attached hydrogen (secondary N) is 1. The average molecular weight is 345 g/mol. The van der Waals surface area contributed by atoms with E-state index in [4.69, 9.17) is 9.97 Å². The minimum Gasteiger partial charge on any atom is -0.354 e. The summed E-state index contributed by atoms with van der Waals surface area (Å²) in [4.78, 5) is 17.7. The highest BCUT2D eigenvalue weighted by Gasteiger charge is 2.31. The molecule has 0 radical (unpaired) electrons. The molecule has 1 aromatic carbocycles. The standard InChI is InChI=1S/C21H23N5/c1-2-4-16(5-3-1)19-15-23-21(24-19)17-6-9-20(22-14-17)26-12-10-25(11-13-26)18-7-8-18/h1-6,9,14-15,18H,7-8,10-13H2,(H,23,24). The summed E-state index contributed by atoms with van der Waals surface area (Å²) in [5.74, 6) is 1.93. The SMILES string of the molecule is c1ccc(-c2c[nH]c(-c3ccc(N4CCN(C5CC5)CC4)nc3)n2)cc1. The fourth-order valence-electron chi connectivity index (χ4n) is 3.70. The highest BCUT2D eigenvalue weighted by Crippen LogP contribution is 2.28. The van der Waals surface area contributed by atoms with E-state index < -0.39 is 0 Å². The number of aromatic nitrogens is 3. The molecule has 1 aliphatic carbocycles. The summed E-state index contributed by atoms with van der Waals surface area (Å²) < 4.78 is 0. The second-order valence-corrected chi connectivity index (χ2v) is 7.16. The average Bonchev–Trinajstić information content (AvgIpc) is 3.45. The first-order valence-corrected chi connectivity index (χ1v) is 9.43. The number of piperazine rings is 1. The highest BCUT2D eigenvalue weighted by molar-refractivity contribution is 5.64. The predicted octanol–water partition coefficient (Wildman–Crippen LogP) is 3.42. The number of hydrogen-bond donors (Lipinski definition) is 1. The molecule has 26 heavy (non-hydrogen) atoms. The van der Waals surface area contributed by atoms with Crippen molar-refractivity contribution < 1.29 is 0 Å². The number of rotatable bonds is 4. The van der Waals surface area contributed by atoms with Crippen molar-refractivity contribution in [3.63, 3.8) is 0 Å². The maximum atomic E-state index is 4.71. The maximum absolute atomic E-state index is 4.71. The number of anilines is 1. The van der Waals surface area contributed by atoms with Gasteiger partial charge < -0.3 is 9.88 Å². The van der Waals surface area contributed by atoms with Crippen LogP contribution in [0.3, 0.4) is 0 Å². The zero-order valence-electron chi connectivity index (χ0n) is 14.8. The van der Waals surface area contributed by atoms with Crippen molar-refractivity contribution in [1.29, 1.82) is 0 Å². The minimum atomic E-state index is 0.862. The highest BCUT2D eigenvalue weighted by atomic mass is 15.3. The van der Waals surface area contributed by atoms with Crippen LogP contribution in [0, 0.1) is 0 Å². The van der Waals surface area contributed by atoms with Gasteiger partial charge in [0.25, 0.3) is 0 Å². The molecule has 5 nitrogen and oxygen atoms in total. The predicted molar refractivity (Wildman–Crippen MR) is 104 cm³/mol. The Morgan fingerprint density at radius 1 is 0.885 bits per heavy atom. The molecule has 0 bridgehead atoms. The number of H-pyrrole nitrogens is 1. The molecule has 5 rings (SSSR count). The van der Waals surface area contributed by atoms with Gasteiger partial charge in [0.05, 0.1) is 5.69 Å². The largest absolute Gasteiger partial charge is 0.354 e. The van der Waals surface area contributed by atoms with Gasteiger partial charge in [0.15, 0.2) is 0 Å². The van der Waals surface area contributed by atoms with Crippen LogP contribution in [0.2, 0.25) is 0 Å². The van der Waals surface area contributed by atoms with Gasteiger partial charge in [-0.1, -0.05) is 30.3 Å². The van der Waals surface area contributed by atoms with Crippen molar-refractivity contribution in [2.45, 2.75) is 18.9 Å². The minimum absolute atomic E-state index is 0.862. The van der Waals surface area contributed by atoms with Crippen molar-refractivity contribution in [1.82, 2.24) is 19.9 Å². The summed E-state index contributed by atoms with van der Waals surface area (Å²) in [6.45, 7) is 4.46. The Bertz CT molecular complexity index is 859. The van der Waals surface area contributed by atoms with Gasteiger partial charge in [0, 0.05) is 55.7 Å². The van der Waals surface area contributed by atoms with E-state index in [2.05, 4.69) is 39.0 Å². The van der Waals surface area contributed by atoms with E-state index in [-0.39, 0.29) is 0 Å². The van der Waals surface area contributed by atoms with Crippen LogP contribution in [0.4, 0.5) is 5.82 Å². The van der Waals surface area contributed by atoms with Gasteiger partial charge in [0.1, 0.15) is 11.6 Å². The Labute approximate surface area is 153 Å². The fraction of sp³-hybridized carbons (Fsp3) is 0.333.